The van der Waals surface area contributed by atoms with E-state index in [4.69, 9.17) is 0 Å². The van der Waals surface area contributed by atoms with Crippen LogP contribution in [0.2, 0.25) is 0 Å². The molecule has 2 aromatic heterocycles. The monoisotopic (exact) mass is 341 g/mol. The molecule has 0 fully saturated rings. The molecule has 1 aliphatic rings. The van der Waals surface area contributed by atoms with Gasteiger partial charge < -0.3 is 4.98 Å². The molecule has 3 nitrogen and oxygen atoms in total. The van der Waals surface area contributed by atoms with Crippen molar-refractivity contribution in [2.75, 3.05) is 0 Å². The molecule has 0 spiro atoms. The van der Waals surface area contributed by atoms with E-state index in [0.29, 0.717) is 0 Å². The first-order chi connectivity index (χ1) is 12.8. The van der Waals surface area contributed by atoms with Gasteiger partial charge in [0.25, 0.3) is 0 Å². The molecular formula is C22H16FN3. The number of aromatic nitrogens is 2. The van der Waals surface area contributed by atoms with Crippen LogP contribution in [-0.2, 0) is 12.8 Å². The summed E-state index contributed by atoms with van der Waals surface area (Å²) in [6.45, 7) is 0. The second-order valence-electron chi connectivity index (χ2n) is 6.84. The molecule has 1 N–H and O–H groups in total. The van der Waals surface area contributed by atoms with E-state index >= 15 is 0 Å². The highest BCUT2D eigenvalue weighted by Crippen LogP contribution is 2.38. The Bertz CT molecular complexity index is 1210. The van der Waals surface area contributed by atoms with Crippen LogP contribution in [0.3, 0.4) is 0 Å². The summed E-state index contributed by atoms with van der Waals surface area (Å²) in [4.78, 5) is 8.00. The molecule has 26 heavy (non-hydrogen) atoms. The number of nitriles is 1. The molecule has 0 saturated heterocycles. The maximum absolute atomic E-state index is 13.8. The summed E-state index contributed by atoms with van der Waals surface area (Å²) >= 11 is 0. The molecule has 0 amide bonds. The van der Waals surface area contributed by atoms with Crippen molar-refractivity contribution in [3.05, 3.63) is 65.1 Å². The van der Waals surface area contributed by atoms with Gasteiger partial charge in [-0.15, -0.1) is 0 Å². The van der Waals surface area contributed by atoms with Crippen molar-refractivity contribution in [3.8, 4) is 17.3 Å². The van der Waals surface area contributed by atoms with Crippen LogP contribution in [0, 0.1) is 17.1 Å². The van der Waals surface area contributed by atoms with Crippen molar-refractivity contribution >= 4 is 21.8 Å². The molecular weight excluding hydrogens is 325 g/mol. The van der Waals surface area contributed by atoms with Crippen LogP contribution in [0.25, 0.3) is 33.1 Å². The first-order valence-corrected chi connectivity index (χ1v) is 8.87. The molecule has 1 aliphatic carbocycles. The Morgan fingerprint density at radius 2 is 1.88 bits per heavy atom. The van der Waals surface area contributed by atoms with Crippen LogP contribution in [-0.4, -0.2) is 9.97 Å². The third kappa shape index (κ3) is 2.14. The lowest BCUT2D eigenvalue weighted by Crippen LogP contribution is -2.08. The number of pyridine rings is 1. The molecule has 2 heterocycles. The fourth-order valence-corrected chi connectivity index (χ4v) is 4.19. The SMILES string of the molecule is N#Cc1cc(-c2[nH]c3ccc4nccc4c3c3c2CCCC3)ccc1F. The lowest BCUT2D eigenvalue weighted by molar-refractivity contribution is 0.624. The summed E-state index contributed by atoms with van der Waals surface area (Å²) in [7, 11) is 0. The van der Waals surface area contributed by atoms with Gasteiger partial charge in [0.1, 0.15) is 11.9 Å². The highest BCUT2D eigenvalue weighted by molar-refractivity contribution is 6.08. The van der Waals surface area contributed by atoms with Gasteiger partial charge in [0.15, 0.2) is 0 Å². The number of hydrogen-bond acceptors (Lipinski definition) is 2. The second kappa shape index (κ2) is 5.67. The Morgan fingerprint density at radius 1 is 1.04 bits per heavy atom. The summed E-state index contributed by atoms with van der Waals surface area (Å²) in [5, 5.41) is 11.6. The second-order valence-corrected chi connectivity index (χ2v) is 6.84. The van der Waals surface area contributed by atoms with Crippen LogP contribution in [0.5, 0.6) is 0 Å². The molecule has 0 aliphatic heterocycles. The van der Waals surface area contributed by atoms with Gasteiger partial charge in [0.2, 0.25) is 0 Å². The van der Waals surface area contributed by atoms with Crippen LogP contribution in [0.4, 0.5) is 4.39 Å². The van der Waals surface area contributed by atoms with Crippen molar-refractivity contribution in [2.24, 2.45) is 0 Å². The fourth-order valence-electron chi connectivity index (χ4n) is 4.19. The Balaban J connectivity index is 1.87. The molecule has 0 unspecified atom stereocenters. The maximum atomic E-state index is 13.8. The molecule has 0 saturated carbocycles. The Hall–Kier alpha value is -3.19. The number of hydrogen-bond donors (Lipinski definition) is 1. The number of H-pyrrole nitrogens is 1. The Morgan fingerprint density at radius 3 is 2.73 bits per heavy atom. The summed E-state index contributed by atoms with van der Waals surface area (Å²) in [6, 6.07) is 12.9. The molecule has 0 atom stereocenters. The van der Waals surface area contributed by atoms with Crippen LogP contribution in [0.15, 0.2) is 42.6 Å². The smallest absolute Gasteiger partial charge is 0.140 e. The zero-order chi connectivity index (χ0) is 17.7. The van der Waals surface area contributed by atoms with E-state index in [1.54, 1.807) is 12.1 Å². The molecule has 2 aromatic carbocycles. The van der Waals surface area contributed by atoms with E-state index in [1.807, 2.05) is 18.3 Å². The Labute approximate surface area is 150 Å². The maximum Gasteiger partial charge on any atom is 0.140 e. The number of fused-ring (bicyclic) bond motifs is 5. The number of rotatable bonds is 1. The van der Waals surface area contributed by atoms with Crippen LogP contribution in [0.1, 0.15) is 29.5 Å². The first kappa shape index (κ1) is 15.1. The lowest BCUT2D eigenvalue weighted by Gasteiger charge is -2.23. The molecule has 4 aromatic rings. The van der Waals surface area contributed by atoms with Gasteiger partial charge in [-0.2, -0.15) is 5.26 Å². The van der Waals surface area contributed by atoms with Gasteiger partial charge in [-0.3, -0.25) is 4.98 Å². The molecule has 5 rings (SSSR count). The third-order valence-electron chi connectivity index (χ3n) is 5.38. The highest BCUT2D eigenvalue weighted by Gasteiger charge is 2.20. The summed E-state index contributed by atoms with van der Waals surface area (Å²) in [5.74, 6) is -0.476. The van der Waals surface area contributed by atoms with E-state index in [0.717, 1.165) is 41.6 Å². The van der Waals surface area contributed by atoms with Crippen molar-refractivity contribution in [1.82, 2.24) is 9.97 Å². The van der Waals surface area contributed by atoms with E-state index in [2.05, 4.69) is 22.1 Å². The van der Waals surface area contributed by atoms with Crippen molar-refractivity contribution in [2.45, 2.75) is 25.7 Å². The minimum absolute atomic E-state index is 0.0799. The third-order valence-corrected chi connectivity index (χ3v) is 5.38. The average Bonchev–Trinajstić information content (AvgIpc) is 3.16. The minimum Gasteiger partial charge on any atom is -0.354 e. The van der Waals surface area contributed by atoms with Gasteiger partial charge >= 0.3 is 0 Å². The summed E-state index contributed by atoms with van der Waals surface area (Å²) < 4.78 is 13.8. The molecule has 126 valence electrons. The van der Waals surface area contributed by atoms with Gasteiger partial charge in [0.05, 0.1) is 11.1 Å². The number of nitrogens with one attached hydrogen (secondary N) is 1. The van der Waals surface area contributed by atoms with Crippen molar-refractivity contribution in [1.29, 1.82) is 5.26 Å². The largest absolute Gasteiger partial charge is 0.354 e. The molecule has 4 heteroatoms. The first-order valence-electron chi connectivity index (χ1n) is 8.87. The number of aryl methyl sites for hydroxylation is 1. The highest BCUT2D eigenvalue weighted by atomic mass is 19.1. The number of nitrogens with zero attached hydrogens (tertiary/aromatic N) is 2. The average molecular weight is 341 g/mol. The standard InChI is InChI=1S/C22H16FN3/c23-18-6-5-13(11-14(18)12-24)22-16-4-2-1-3-15(16)21-17-9-10-25-19(17)7-8-20(21)26-22/h5-11,26H,1-4H2. The predicted octanol–water partition coefficient (Wildman–Crippen LogP) is 5.27. The number of halogens is 1. The van der Waals surface area contributed by atoms with Crippen LogP contribution < -0.4 is 0 Å². The van der Waals surface area contributed by atoms with Gasteiger partial charge in [-0.1, -0.05) is 0 Å². The van der Waals surface area contributed by atoms with Crippen LogP contribution >= 0.6 is 0 Å². The topological polar surface area (TPSA) is 52.5 Å². The van der Waals surface area contributed by atoms with E-state index in [1.165, 1.54) is 34.4 Å². The number of benzene rings is 2. The van der Waals surface area contributed by atoms with Gasteiger partial charge in [-0.25, -0.2) is 4.39 Å². The van der Waals surface area contributed by atoms with Crippen molar-refractivity contribution < 1.29 is 4.39 Å². The zero-order valence-corrected chi connectivity index (χ0v) is 14.1. The van der Waals surface area contributed by atoms with Crippen molar-refractivity contribution in [3.63, 3.8) is 0 Å². The lowest BCUT2D eigenvalue weighted by atomic mass is 9.85. The zero-order valence-electron chi connectivity index (χ0n) is 14.1. The predicted molar refractivity (Wildman–Crippen MR) is 100 cm³/mol. The summed E-state index contributed by atoms with van der Waals surface area (Å²) in [5.41, 5.74) is 6.67. The Kier molecular flexibility index (Phi) is 3.29. The van der Waals surface area contributed by atoms with E-state index < -0.39 is 5.82 Å². The van der Waals surface area contributed by atoms with E-state index in [-0.39, 0.29) is 5.56 Å². The van der Waals surface area contributed by atoms with Gasteiger partial charge in [0, 0.05) is 28.2 Å². The normalized spacial score (nSPS) is 13.7. The molecule has 0 bridgehead atoms. The number of aromatic amines is 1. The van der Waals surface area contributed by atoms with E-state index in [9.17, 15) is 9.65 Å². The van der Waals surface area contributed by atoms with Gasteiger partial charge in [-0.05, 0) is 78.8 Å². The molecule has 0 radical (unpaired) electrons. The fraction of sp³-hybridized carbons (Fsp3) is 0.182. The summed E-state index contributed by atoms with van der Waals surface area (Å²) in [6.07, 6.45) is 6.18. The quantitative estimate of drug-likeness (QED) is 0.512. The minimum atomic E-state index is -0.476.